The van der Waals surface area contributed by atoms with E-state index in [2.05, 4.69) is 27.9 Å². The lowest BCUT2D eigenvalue weighted by Crippen LogP contribution is -2.13. The van der Waals surface area contributed by atoms with Crippen molar-refractivity contribution in [2.45, 2.75) is 0 Å². The standard InChI is InChI=1S/C14H7Cl2IN2O/c15-9-2-4-13(17)11(5-9)14(20)19-10-3-1-8(7-18)12(16)6-10/h1-6H,(H,19,20). The van der Waals surface area contributed by atoms with Crippen LogP contribution in [0.15, 0.2) is 36.4 Å². The molecule has 0 aromatic heterocycles. The maximum Gasteiger partial charge on any atom is 0.256 e. The zero-order chi connectivity index (χ0) is 14.7. The van der Waals surface area contributed by atoms with E-state index in [0.29, 0.717) is 26.9 Å². The van der Waals surface area contributed by atoms with Crippen LogP contribution in [0.4, 0.5) is 5.69 Å². The summed E-state index contributed by atoms with van der Waals surface area (Å²) in [5.74, 6) is -0.280. The van der Waals surface area contributed by atoms with Crippen molar-refractivity contribution in [1.29, 1.82) is 5.26 Å². The first-order chi connectivity index (χ1) is 9.51. The first-order valence-corrected chi connectivity index (χ1v) is 7.31. The summed E-state index contributed by atoms with van der Waals surface area (Å²) in [4.78, 5) is 12.2. The van der Waals surface area contributed by atoms with E-state index in [1.165, 1.54) is 6.07 Å². The number of nitrogens with zero attached hydrogens (tertiary/aromatic N) is 1. The van der Waals surface area contributed by atoms with Crippen LogP contribution >= 0.6 is 45.8 Å². The van der Waals surface area contributed by atoms with E-state index in [1.807, 2.05) is 6.07 Å². The van der Waals surface area contributed by atoms with Crippen LogP contribution in [0.3, 0.4) is 0 Å². The van der Waals surface area contributed by atoms with Crippen LogP contribution in [-0.4, -0.2) is 5.91 Å². The molecule has 20 heavy (non-hydrogen) atoms. The van der Waals surface area contributed by atoms with Crippen molar-refractivity contribution in [1.82, 2.24) is 0 Å². The number of nitrogens with one attached hydrogen (secondary N) is 1. The summed E-state index contributed by atoms with van der Waals surface area (Å²) >= 11 is 13.9. The summed E-state index contributed by atoms with van der Waals surface area (Å²) < 4.78 is 0.796. The molecule has 0 unspecified atom stereocenters. The normalized spacial score (nSPS) is 9.90. The van der Waals surface area contributed by atoms with E-state index in [0.717, 1.165) is 3.57 Å². The molecule has 0 spiro atoms. The quantitative estimate of drug-likeness (QED) is 0.720. The molecule has 1 amide bonds. The third kappa shape index (κ3) is 3.42. The number of benzene rings is 2. The van der Waals surface area contributed by atoms with Crippen molar-refractivity contribution in [2.75, 3.05) is 5.32 Å². The second kappa shape index (κ2) is 6.44. The van der Waals surface area contributed by atoms with Crippen LogP contribution in [0.25, 0.3) is 0 Å². The van der Waals surface area contributed by atoms with Gasteiger partial charge in [0.25, 0.3) is 5.91 Å². The van der Waals surface area contributed by atoms with Gasteiger partial charge in [0, 0.05) is 14.3 Å². The average Bonchev–Trinajstić information content (AvgIpc) is 2.41. The molecule has 1 N–H and O–H groups in total. The number of carbonyl (C=O) groups excluding carboxylic acids is 1. The molecular formula is C14H7Cl2IN2O. The van der Waals surface area contributed by atoms with Gasteiger partial charge in [0.2, 0.25) is 0 Å². The Morgan fingerprint density at radius 2 is 1.95 bits per heavy atom. The number of anilines is 1. The lowest BCUT2D eigenvalue weighted by atomic mass is 10.2. The van der Waals surface area contributed by atoms with E-state index in [1.54, 1.807) is 30.3 Å². The predicted molar refractivity (Wildman–Crippen MR) is 88.3 cm³/mol. The zero-order valence-electron chi connectivity index (χ0n) is 9.95. The van der Waals surface area contributed by atoms with Crippen molar-refractivity contribution in [2.24, 2.45) is 0 Å². The monoisotopic (exact) mass is 416 g/mol. The first-order valence-electron chi connectivity index (χ1n) is 5.47. The molecule has 2 aromatic carbocycles. The van der Waals surface area contributed by atoms with Crippen LogP contribution in [-0.2, 0) is 0 Å². The number of halogens is 3. The van der Waals surface area contributed by atoms with Gasteiger partial charge in [0.1, 0.15) is 6.07 Å². The molecule has 2 aromatic rings. The molecule has 3 nitrogen and oxygen atoms in total. The van der Waals surface area contributed by atoms with Crippen molar-refractivity contribution in [3.63, 3.8) is 0 Å². The van der Waals surface area contributed by atoms with Gasteiger partial charge in [-0.25, -0.2) is 0 Å². The highest BCUT2D eigenvalue weighted by atomic mass is 127. The largest absolute Gasteiger partial charge is 0.322 e. The Kier molecular flexibility index (Phi) is 4.86. The Hall–Kier alpha value is -1.29. The minimum atomic E-state index is -0.280. The highest BCUT2D eigenvalue weighted by molar-refractivity contribution is 14.1. The van der Waals surface area contributed by atoms with E-state index < -0.39 is 0 Å². The van der Waals surface area contributed by atoms with Gasteiger partial charge >= 0.3 is 0 Å². The summed E-state index contributed by atoms with van der Waals surface area (Å²) in [6.07, 6.45) is 0. The van der Waals surface area contributed by atoms with Crippen molar-refractivity contribution < 1.29 is 4.79 Å². The minimum absolute atomic E-state index is 0.280. The summed E-state index contributed by atoms with van der Waals surface area (Å²) in [5, 5.41) is 12.3. The van der Waals surface area contributed by atoms with Crippen molar-refractivity contribution in [3.05, 3.63) is 61.1 Å². The highest BCUT2D eigenvalue weighted by Crippen LogP contribution is 2.22. The minimum Gasteiger partial charge on any atom is -0.322 e. The molecule has 2 rings (SSSR count). The van der Waals surface area contributed by atoms with Gasteiger partial charge < -0.3 is 5.32 Å². The van der Waals surface area contributed by atoms with E-state index in [9.17, 15) is 4.79 Å². The first kappa shape index (κ1) is 15.1. The summed E-state index contributed by atoms with van der Waals surface area (Å²) in [5.41, 5.74) is 1.37. The van der Waals surface area contributed by atoms with Gasteiger partial charge in [-0.05, 0) is 59.0 Å². The van der Waals surface area contributed by atoms with E-state index >= 15 is 0 Å². The fourth-order valence-electron chi connectivity index (χ4n) is 1.55. The molecule has 0 saturated carbocycles. The number of carbonyl (C=O) groups is 1. The molecule has 0 aliphatic heterocycles. The second-order valence-electron chi connectivity index (χ2n) is 3.88. The van der Waals surface area contributed by atoms with Crippen LogP contribution in [0, 0.1) is 14.9 Å². The van der Waals surface area contributed by atoms with Crippen LogP contribution in [0.2, 0.25) is 10.0 Å². The molecule has 0 aliphatic carbocycles. The predicted octanol–water partition coefficient (Wildman–Crippen LogP) is 4.72. The Bertz CT molecular complexity index is 726. The van der Waals surface area contributed by atoms with Crippen LogP contribution in [0.1, 0.15) is 15.9 Å². The number of hydrogen-bond acceptors (Lipinski definition) is 2. The molecule has 0 atom stereocenters. The fraction of sp³-hybridized carbons (Fsp3) is 0. The molecular weight excluding hydrogens is 410 g/mol. The third-order valence-electron chi connectivity index (χ3n) is 2.52. The van der Waals surface area contributed by atoms with Gasteiger partial charge in [0.15, 0.2) is 0 Å². The molecule has 100 valence electrons. The molecule has 0 bridgehead atoms. The smallest absolute Gasteiger partial charge is 0.256 e. The van der Waals surface area contributed by atoms with E-state index in [4.69, 9.17) is 28.5 Å². The SMILES string of the molecule is N#Cc1ccc(NC(=O)c2cc(Cl)ccc2I)cc1Cl. The Morgan fingerprint density at radius 3 is 2.60 bits per heavy atom. The Morgan fingerprint density at radius 1 is 1.20 bits per heavy atom. The Labute approximate surface area is 139 Å². The summed E-state index contributed by atoms with van der Waals surface area (Å²) in [6, 6.07) is 11.8. The van der Waals surface area contributed by atoms with Crippen molar-refractivity contribution in [3.8, 4) is 6.07 Å². The van der Waals surface area contributed by atoms with Gasteiger partial charge in [-0.2, -0.15) is 5.26 Å². The lowest BCUT2D eigenvalue weighted by molar-refractivity contribution is 0.102. The Balaban J connectivity index is 2.26. The summed E-state index contributed by atoms with van der Waals surface area (Å²) in [7, 11) is 0. The molecule has 6 heteroatoms. The number of hydrogen-bond donors (Lipinski definition) is 1. The molecule has 0 radical (unpaired) electrons. The van der Waals surface area contributed by atoms with Crippen LogP contribution < -0.4 is 5.32 Å². The molecule has 0 aliphatic rings. The number of nitriles is 1. The highest BCUT2D eigenvalue weighted by Gasteiger charge is 2.11. The van der Waals surface area contributed by atoms with Gasteiger partial charge in [-0.15, -0.1) is 0 Å². The van der Waals surface area contributed by atoms with Gasteiger partial charge in [0.05, 0.1) is 16.1 Å². The molecule has 0 saturated heterocycles. The van der Waals surface area contributed by atoms with Gasteiger partial charge in [-0.1, -0.05) is 23.2 Å². The fourth-order valence-corrected chi connectivity index (χ4v) is 2.53. The van der Waals surface area contributed by atoms with Gasteiger partial charge in [-0.3, -0.25) is 4.79 Å². The number of amides is 1. The molecule has 0 heterocycles. The van der Waals surface area contributed by atoms with Crippen LogP contribution in [0.5, 0.6) is 0 Å². The van der Waals surface area contributed by atoms with E-state index in [-0.39, 0.29) is 5.91 Å². The topological polar surface area (TPSA) is 52.9 Å². The third-order valence-corrected chi connectivity index (χ3v) is 4.01. The maximum atomic E-state index is 12.2. The lowest BCUT2D eigenvalue weighted by Gasteiger charge is -2.08. The second-order valence-corrected chi connectivity index (χ2v) is 5.89. The average molecular weight is 417 g/mol. The summed E-state index contributed by atoms with van der Waals surface area (Å²) in [6.45, 7) is 0. The van der Waals surface area contributed by atoms with Crippen molar-refractivity contribution >= 4 is 57.4 Å². The number of rotatable bonds is 2. The zero-order valence-corrected chi connectivity index (χ0v) is 13.6. The maximum absolute atomic E-state index is 12.2. The molecule has 0 fully saturated rings.